The van der Waals surface area contributed by atoms with Crippen LogP contribution < -0.4 is 5.32 Å². The van der Waals surface area contributed by atoms with Gasteiger partial charge >= 0.3 is 0 Å². The molecular formula is C16H23N. The zero-order chi connectivity index (χ0) is 11.5. The van der Waals surface area contributed by atoms with Gasteiger partial charge in [0.15, 0.2) is 0 Å². The Balaban J connectivity index is 1.61. The van der Waals surface area contributed by atoms with E-state index in [2.05, 4.69) is 35.6 Å². The van der Waals surface area contributed by atoms with E-state index >= 15 is 0 Å². The van der Waals surface area contributed by atoms with Gasteiger partial charge in [0.05, 0.1) is 0 Å². The van der Waals surface area contributed by atoms with Crippen LogP contribution in [-0.2, 0) is 0 Å². The summed E-state index contributed by atoms with van der Waals surface area (Å²) in [5.41, 5.74) is 1.53. The Kier molecular flexibility index (Phi) is 3.46. The molecule has 1 aromatic carbocycles. The van der Waals surface area contributed by atoms with Crippen LogP contribution in [0.4, 0.5) is 0 Å². The number of nitrogens with one attached hydrogen (secondary N) is 1. The van der Waals surface area contributed by atoms with Gasteiger partial charge in [0.25, 0.3) is 0 Å². The normalized spacial score (nSPS) is 22.1. The van der Waals surface area contributed by atoms with Gasteiger partial charge in [0.2, 0.25) is 0 Å². The summed E-state index contributed by atoms with van der Waals surface area (Å²) in [5, 5.41) is 3.71. The molecule has 2 saturated carbocycles. The molecular weight excluding hydrogens is 206 g/mol. The third-order valence-corrected chi connectivity index (χ3v) is 4.34. The highest BCUT2D eigenvalue weighted by molar-refractivity contribution is 5.20. The molecule has 2 aliphatic carbocycles. The van der Waals surface area contributed by atoms with Crippen LogP contribution in [-0.4, -0.2) is 12.6 Å². The van der Waals surface area contributed by atoms with Crippen LogP contribution >= 0.6 is 0 Å². The minimum Gasteiger partial charge on any atom is -0.313 e. The van der Waals surface area contributed by atoms with Gasteiger partial charge in [-0.05, 0) is 36.7 Å². The van der Waals surface area contributed by atoms with Gasteiger partial charge < -0.3 is 5.32 Å². The predicted molar refractivity (Wildman–Crippen MR) is 72.2 cm³/mol. The summed E-state index contributed by atoms with van der Waals surface area (Å²) in [4.78, 5) is 0. The maximum Gasteiger partial charge on any atom is 0.00684 e. The molecule has 0 aromatic heterocycles. The number of benzene rings is 1. The van der Waals surface area contributed by atoms with Crippen molar-refractivity contribution in [2.24, 2.45) is 5.92 Å². The first-order chi connectivity index (χ1) is 8.42. The van der Waals surface area contributed by atoms with Crippen LogP contribution in [0.15, 0.2) is 30.3 Å². The molecule has 0 radical (unpaired) electrons. The molecule has 0 saturated heterocycles. The van der Waals surface area contributed by atoms with Gasteiger partial charge in [0, 0.05) is 12.6 Å². The first kappa shape index (κ1) is 11.3. The summed E-state index contributed by atoms with van der Waals surface area (Å²) in [6.07, 6.45) is 8.57. The highest BCUT2D eigenvalue weighted by Gasteiger charge is 2.26. The van der Waals surface area contributed by atoms with Crippen molar-refractivity contribution in [2.45, 2.75) is 50.5 Å². The van der Waals surface area contributed by atoms with Crippen molar-refractivity contribution in [1.29, 1.82) is 0 Å². The van der Waals surface area contributed by atoms with Crippen LogP contribution in [0, 0.1) is 5.92 Å². The summed E-state index contributed by atoms with van der Waals surface area (Å²) in [6.45, 7) is 1.19. The van der Waals surface area contributed by atoms with Crippen molar-refractivity contribution >= 4 is 0 Å². The molecule has 0 bridgehead atoms. The average molecular weight is 229 g/mol. The molecule has 1 N–H and O–H groups in total. The zero-order valence-corrected chi connectivity index (χ0v) is 10.6. The van der Waals surface area contributed by atoms with Gasteiger partial charge in [-0.3, -0.25) is 0 Å². The van der Waals surface area contributed by atoms with Gasteiger partial charge in [-0.25, -0.2) is 0 Å². The van der Waals surface area contributed by atoms with E-state index in [1.165, 1.54) is 50.6 Å². The van der Waals surface area contributed by atoms with Crippen molar-refractivity contribution in [3.05, 3.63) is 35.9 Å². The van der Waals surface area contributed by atoms with Gasteiger partial charge in [-0.1, -0.05) is 49.6 Å². The lowest BCUT2D eigenvalue weighted by molar-refractivity contribution is 0.272. The third-order valence-electron chi connectivity index (χ3n) is 4.34. The van der Waals surface area contributed by atoms with Gasteiger partial charge in [-0.15, -0.1) is 0 Å². The Morgan fingerprint density at radius 2 is 1.82 bits per heavy atom. The maximum absolute atomic E-state index is 3.71. The highest BCUT2D eigenvalue weighted by atomic mass is 14.9. The standard InChI is InChI=1S/C16H23N/c1-2-7-14(8-3-1)15(11-13-5-4-6-13)12-17-16-9-10-16/h1-3,7-8,13,15-17H,4-6,9-12H2. The molecule has 17 heavy (non-hydrogen) atoms. The predicted octanol–water partition coefficient (Wildman–Crippen LogP) is 3.71. The fourth-order valence-corrected chi connectivity index (χ4v) is 2.79. The molecule has 1 unspecified atom stereocenters. The largest absolute Gasteiger partial charge is 0.313 e. The van der Waals surface area contributed by atoms with Crippen molar-refractivity contribution in [1.82, 2.24) is 5.32 Å². The zero-order valence-electron chi connectivity index (χ0n) is 10.6. The molecule has 2 fully saturated rings. The van der Waals surface area contributed by atoms with Crippen LogP contribution in [0.3, 0.4) is 0 Å². The Morgan fingerprint density at radius 1 is 1.06 bits per heavy atom. The first-order valence-electron chi connectivity index (χ1n) is 7.20. The van der Waals surface area contributed by atoms with E-state index < -0.39 is 0 Å². The number of hydrogen-bond acceptors (Lipinski definition) is 1. The topological polar surface area (TPSA) is 12.0 Å². The number of rotatable bonds is 6. The van der Waals surface area contributed by atoms with Crippen molar-refractivity contribution < 1.29 is 0 Å². The van der Waals surface area contributed by atoms with Gasteiger partial charge in [-0.2, -0.15) is 0 Å². The minimum atomic E-state index is 0.738. The molecule has 0 heterocycles. The quantitative estimate of drug-likeness (QED) is 0.784. The molecule has 2 aliphatic rings. The Labute approximate surface area is 105 Å². The second kappa shape index (κ2) is 5.22. The monoisotopic (exact) mass is 229 g/mol. The van der Waals surface area contributed by atoms with Crippen molar-refractivity contribution in [3.8, 4) is 0 Å². The molecule has 1 atom stereocenters. The minimum absolute atomic E-state index is 0.738. The summed E-state index contributed by atoms with van der Waals surface area (Å²) < 4.78 is 0. The van der Waals surface area contributed by atoms with E-state index in [0.717, 1.165) is 17.9 Å². The van der Waals surface area contributed by atoms with Crippen molar-refractivity contribution in [3.63, 3.8) is 0 Å². The molecule has 0 amide bonds. The first-order valence-corrected chi connectivity index (χ1v) is 7.20. The SMILES string of the molecule is c1ccc(C(CNC2CC2)CC2CCC2)cc1. The maximum atomic E-state index is 3.71. The lowest BCUT2D eigenvalue weighted by atomic mass is 9.77. The van der Waals surface area contributed by atoms with E-state index in [1.54, 1.807) is 0 Å². The van der Waals surface area contributed by atoms with Crippen molar-refractivity contribution in [2.75, 3.05) is 6.54 Å². The van der Waals surface area contributed by atoms with Gasteiger partial charge in [0.1, 0.15) is 0 Å². The Morgan fingerprint density at radius 3 is 2.41 bits per heavy atom. The highest BCUT2D eigenvalue weighted by Crippen LogP contribution is 2.35. The molecule has 1 heteroatoms. The van der Waals surface area contributed by atoms with E-state index in [4.69, 9.17) is 0 Å². The fraction of sp³-hybridized carbons (Fsp3) is 0.625. The average Bonchev–Trinajstić information content (AvgIpc) is 3.12. The fourth-order valence-electron chi connectivity index (χ4n) is 2.79. The summed E-state index contributed by atoms with van der Waals surface area (Å²) in [7, 11) is 0. The molecule has 1 nitrogen and oxygen atoms in total. The van der Waals surface area contributed by atoms with E-state index in [-0.39, 0.29) is 0 Å². The lowest BCUT2D eigenvalue weighted by Gasteiger charge is -2.30. The second-order valence-electron chi connectivity index (χ2n) is 5.82. The molecule has 0 spiro atoms. The number of hydrogen-bond donors (Lipinski definition) is 1. The molecule has 0 aliphatic heterocycles. The third kappa shape index (κ3) is 3.10. The van der Waals surface area contributed by atoms with Crippen LogP contribution in [0.2, 0.25) is 0 Å². The van der Waals surface area contributed by atoms with Crippen LogP contribution in [0.1, 0.15) is 50.0 Å². The smallest absolute Gasteiger partial charge is 0.00684 e. The van der Waals surface area contributed by atoms with Crippen LogP contribution in [0.5, 0.6) is 0 Å². The van der Waals surface area contributed by atoms with E-state index in [0.29, 0.717) is 0 Å². The van der Waals surface area contributed by atoms with Crippen LogP contribution in [0.25, 0.3) is 0 Å². The summed E-state index contributed by atoms with van der Waals surface area (Å²) in [6, 6.07) is 11.9. The summed E-state index contributed by atoms with van der Waals surface area (Å²) >= 11 is 0. The molecule has 3 rings (SSSR count). The van der Waals surface area contributed by atoms with E-state index in [1.807, 2.05) is 0 Å². The molecule has 92 valence electrons. The lowest BCUT2D eigenvalue weighted by Crippen LogP contribution is -2.26. The summed E-state index contributed by atoms with van der Waals surface area (Å²) in [5.74, 6) is 1.74. The Bertz CT molecular complexity index is 338. The second-order valence-corrected chi connectivity index (χ2v) is 5.82. The van der Waals surface area contributed by atoms with E-state index in [9.17, 15) is 0 Å². The Hall–Kier alpha value is -0.820. The molecule has 1 aromatic rings.